The number of benzene rings is 2. The van der Waals surface area contributed by atoms with Crippen molar-refractivity contribution < 1.29 is 4.92 Å². The van der Waals surface area contributed by atoms with Crippen LogP contribution in [0.4, 0.5) is 5.69 Å². The van der Waals surface area contributed by atoms with Gasteiger partial charge < -0.3 is 4.98 Å². The van der Waals surface area contributed by atoms with Crippen molar-refractivity contribution >= 4 is 28.7 Å². The van der Waals surface area contributed by atoms with E-state index in [4.69, 9.17) is 0 Å². The Hall–Kier alpha value is -2.88. The number of rotatable bonds is 3. The molecule has 0 amide bonds. The van der Waals surface area contributed by atoms with Gasteiger partial charge >= 0.3 is 0 Å². The van der Waals surface area contributed by atoms with Crippen LogP contribution in [-0.4, -0.2) is 9.91 Å². The van der Waals surface area contributed by atoms with E-state index in [1.807, 2.05) is 48.6 Å². The van der Waals surface area contributed by atoms with Crippen molar-refractivity contribution in [2.45, 2.75) is 0 Å². The second-order valence-electron chi connectivity index (χ2n) is 4.50. The van der Waals surface area contributed by atoms with E-state index in [0.29, 0.717) is 0 Å². The molecule has 4 heteroatoms. The first-order chi connectivity index (χ1) is 9.72. The maximum absolute atomic E-state index is 10.7. The highest BCUT2D eigenvalue weighted by atomic mass is 16.6. The molecule has 0 fully saturated rings. The Balaban J connectivity index is 1.93. The molecule has 98 valence electrons. The van der Waals surface area contributed by atoms with Gasteiger partial charge in [-0.05, 0) is 23.8 Å². The summed E-state index contributed by atoms with van der Waals surface area (Å²) in [5, 5.41) is 11.6. The molecular weight excluding hydrogens is 252 g/mol. The summed E-state index contributed by atoms with van der Waals surface area (Å²) in [5.41, 5.74) is 3.03. The van der Waals surface area contributed by atoms with E-state index in [-0.39, 0.29) is 10.6 Å². The normalized spacial score (nSPS) is 11.2. The van der Waals surface area contributed by atoms with Crippen LogP contribution in [0.1, 0.15) is 11.3 Å². The number of hydrogen-bond donors (Lipinski definition) is 1. The van der Waals surface area contributed by atoms with E-state index in [1.54, 1.807) is 12.1 Å². The third-order valence-corrected chi connectivity index (χ3v) is 3.09. The van der Waals surface area contributed by atoms with Crippen LogP contribution in [0.3, 0.4) is 0 Å². The van der Waals surface area contributed by atoms with Gasteiger partial charge in [-0.2, -0.15) is 0 Å². The van der Waals surface area contributed by atoms with Gasteiger partial charge in [-0.15, -0.1) is 0 Å². The minimum atomic E-state index is -0.383. The second-order valence-corrected chi connectivity index (χ2v) is 4.50. The number of fused-ring (bicyclic) bond motifs is 1. The molecule has 3 rings (SSSR count). The molecule has 20 heavy (non-hydrogen) atoms. The Morgan fingerprint density at radius 1 is 1.00 bits per heavy atom. The fourth-order valence-corrected chi connectivity index (χ4v) is 2.10. The average molecular weight is 264 g/mol. The van der Waals surface area contributed by atoms with Gasteiger partial charge in [-0.25, -0.2) is 0 Å². The van der Waals surface area contributed by atoms with Crippen molar-refractivity contribution in [1.29, 1.82) is 0 Å². The van der Waals surface area contributed by atoms with E-state index < -0.39 is 0 Å². The number of aromatic amines is 1. The molecule has 1 heterocycles. The van der Waals surface area contributed by atoms with Gasteiger partial charge in [0.15, 0.2) is 0 Å². The predicted octanol–water partition coefficient (Wildman–Crippen LogP) is 4.25. The SMILES string of the molecule is O=[N+]([O-])c1ccc2[nH]c(/C=C/c3ccccc3)cc2c1. The molecule has 2 aromatic carbocycles. The molecule has 4 nitrogen and oxygen atoms in total. The first kappa shape index (κ1) is 12.2. The number of nitro groups is 1. The molecule has 0 aliphatic carbocycles. The molecule has 0 atom stereocenters. The highest BCUT2D eigenvalue weighted by Crippen LogP contribution is 2.22. The monoisotopic (exact) mass is 264 g/mol. The second kappa shape index (κ2) is 5.01. The molecule has 0 unspecified atom stereocenters. The average Bonchev–Trinajstić information content (AvgIpc) is 2.88. The van der Waals surface area contributed by atoms with Crippen LogP contribution in [0.5, 0.6) is 0 Å². The predicted molar refractivity (Wildman–Crippen MR) is 80.3 cm³/mol. The van der Waals surface area contributed by atoms with Gasteiger partial charge in [0, 0.05) is 28.7 Å². The van der Waals surface area contributed by atoms with E-state index in [9.17, 15) is 10.1 Å². The Morgan fingerprint density at radius 3 is 2.55 bits per heavy atom. The number of non-ortho nitro benzene ring substituents is 1. The van der Waals surface area contributed by atoms with E-state index in [0.717, 1.165) is 22.2 Å². The van der Waals surface area contributed by atoms with Gasteiger partial charge in [0.1, 0.15) is 0 Å². The van der Waals surface area contributed by atoms with E-state index in [2.05, 4.69) is 4.98 Å². The molecule has 0 aliphatic heterocycles. The Bertz CT molecular complexity index is 789. The lowest BCUT2D eigenvalue weighted by atomic mass is 10.2. The van der Waals surface area contributed by atoms with Crippen molar-refractivity contribution in [2.24, 2.45) is 0 Å². The maximum Gasteiger partial charge on any atom is 0.270 e. The number of nitrogens with zero attached hydrogens (tertiary/aromatic N) is 1. The number of hydrogen-bond acceptors (Lipinski definition) is 2. The first-order valence-electron chi connectivity index (χ1n) is 6.23. The minimum Gasteiger partial charge on any atom is -0.355 e. The lowest BCUT2D eigenvalue weighted by Gasteiger charge is -1.90. The summed E-state index contributed by atoms with van der Waals surface area (Å²) in [6.45, 7) is 0. The molecule has 0 aliphatic rings. The highest BCUT2D eigenvalue weighted by Gasteiger charge is 2.07. The fourth-order valence-electron chi connectivity index (χ4n) is 2.10. The molecule has 1 aromatic heterocycles. The maximum atomic E-state index is 10.7. The standard InChI is InChI=1S/C16H12N2O2/c19-18(20)15-8-9-16-13(11-15)10-14(17-16)7-6-12-4-2-1-3-5-12/h1-11,17H/b7-6+. The van der Waals surface area contributed by atoms with Gasteiger partial charge in [-0.3, -0.25) is 10.1 Å². The van der Waals surface area contributed by atoms with Crippen LogP contribution in [0.2, 0.25) is 0 Å². The van der Waals surface area contributed by atoms with E-state index in [1.165, 1.54) is 6.07 Å². The van der Waals surface area contributed by atoms with Crippen LogP contribution in [0.15, 0.2) is 54.6 Å². The van der Waals surface area contributed by atoms with Gasteiger partial charge in [-0.1, -0.05) is 36.4 Å². The summed E-state index contributed by atoms with van der Waals surface area (Å²) in [6, 6.07) is 16.7. The van der Waals surface area contributed by atoms with Crippen LogP contribution in [-0.2, 0) is 0 Å². The van der Waals surface area contributed by atoms with Crippen molar-refractivity contribution in [2.75, 3.05) is 0 Å². The molecule has 0 radical (unpaired) electrons. The molecule has 0 saturated heterocycles. The topological polar surface area (TPSA) is 58.9 Å². The Morgan fingerprint density at radius 2 is 1.80 bits per heavy atom. The third-order valence-electron chi connectivity index (χ3n) is 3.09. The molecule has 1 N–H and O–H groups in total. The van der Waals surface area contributed by atoms with Crippen LogP contribution in [0.25, 0.3) is 23.1 Å². The third kappa shape index (κ3) is 2.44. The molecule has 0 saturated carbocycles. The van der Waals surface area contributed by atoms with E-state index >= 15 is 0 Å². The van der Waals surface area contributed by atoms with Crippen molar-refractivity contribution in [3.8, 4) is 0 Å². The lowest BCUT2D eigenvalue weighted by Crippen LogP contribution is -1.86. The fraction of sp³-hybridized carbons (Fsp3) is 0. The summed E-state index contributed by atoms with van der Waals surface area (Å²) in [5.74, 6) is 0. The molecule has 0 spiro atoms. The molecule has 0 bridgehead atoms. The largest absolute Gasteiger partial charge is 0.355 e. The quantitative estimate of drug-likeness (QED) is 0.568. The number of nitrogens with one attached hydrogen (secondary N) is 1. The summed E-state index contributed by atoms with van der Waals surface area (Å²) in [6.07, 6.45) is 3.96. The summed E-state index contributed by atoms with van der Waals surface area (Å²) in [7, 11) is 0. The Kier molecular flexibility index (Phi) is 3.05. The summed E-state index contributed by atoms with van der Waals surface area (Å²) >= 11 is 0. The Labute approximate surface area is 115 Å². The van der Waals surface area contributed by atoms with Gasteiger partial charge in [0.25, 0.3) is 5.69 Å². The van der Waals surface area contributed by atoms with Crippen molar-refractivity contribution in [3.05, 3.63) is 76.0 Å². The zero-order valence-electron chi connectivity index (χ0n) is 10.6. The van der Waals surface area contributed by atoms with Crippen LogP contribution in [0, 0.1) is 10.1 Å². The lowest BCUT2D eigenvalue weighted by molar-refractivity contribution is -0.384. The molecule has 3 aromatic rings. The zero-order valence-corrected chi connectivity index (χ0v) is 10.6. The van der Waals surface area contributed by atoms with Crippen molar-refractivity contribution in [1.82, 2.24) is 4.98 Å². The zero-order chi connectivity index (χ0) is 13.9. The minimum absolute atomic E-state index is 0.107. The number of H-pyrrole nitrogens is 1. The number of nitro benzene ring substituents is 1. The highest BCUT2D eigenvalue weighted by molar-refractivity contribution is 5.86. The summed E-state index contributed by atoms with van der Waals surface area (Å²) < 4.78 is 0. The molecular formula is C16H12N2O2. The van der Waals surface area contributed by atoms with Crippen molar-refractivity contribution in [3.63, 3.8) is 0 Å². The smallest absolute Gasteiger partial charge is 0.270 e. The van der Waals surface area contributed by atoms with Crippen LogP contribution < -0.4 is 0 Å². The summed E-state index contributed by atoms with van der Waals surface area (Å²) in [4.78, 5) is 13.6. The first-order valence-corrected chi connectivity index (χ1v) is 6.23. The number of aromatic nitrogens is 1. The van der Waals surface area contributed by atoms with Gasteiger partial charge in [0.05, 0.1) is 4.92 Å². The van der Waals surface area contributed by atoms with Gasteiger partial charge in [0.2, 0.25) is 0 Å². The van der Waals surface area contributed by atoms with Crippen LogP contribution >= 0.6 is 0 Å².